The van der Waals surface area contributed by atoms with E-state index in [0.717, 1.165) is 6.29 Å². The van der Waals surface area contributed by atoms with Gasteiger partial charge in [-0.3, -0.25) is 4.79 Å². The molecule has 11 heavy (non-hydrogen) atoms. The molecule has 0 aromatic carbocycles. The van der Waals surface area contributed by atoms with Crippen molar-refractivity contribution in [1.29, 1.82) is 0 Å². The van der Waals surface area contributed by atoms with E-state index in [4.69, 9.17) is 0 Å². The molecule has 1 aliphatic rings. The van der Waals surface area contributed by atoms with Crippen LogP contribution in [0, 0.1) is 5.92 Å². The third-order valence-corrected chi connectivity index (χ3v) is 2.23. The molecule has 1 aliphatic carbocycles. The summed E-state index contributed by atoms with van der Waals surface area (Å²) in [6.07, 6.45) is 10.2. The van der Waals surface area contributed by atoms with E-state index in [1.165, 1.54) is 24.8 Å². The summed E-state index contributed by atoms with van der Waals surface area (Å²) in [6, 6.07) is 0. The van der Waals surface area contributed by atoms with Gasteiger partial charge in [-0.05, 0) is 36.8 Å². The highest BCUT2D eigenvalue weighted by molar-refractivity contribution is 5.66. The Hall–Kier alpha value is -0.850. The van der Waals surface area contributed by atoms with Gasteiger partial charge in [0.1, 0.15) is 6.29 Å². The molecule has 0 aliphatic heterocycles. The van der Waals surface area contributed by atoms with Crippen molar-refractivity contribution in [3.05, 3.63) is 23.8 Å². The predicted molar refractivity (Wildman–Crippen MR) is 46.3 cm³/mol. The summed E-state index contributed by atoms with van der Waals surface area (Å²) in [7, 11) is 0. The van der Waals surface area contributed by atoms with Crippen molar-refractivity contribution in [2.24, 2.45) is 5.92 Å². The zero-order valence-corrected chi connectivity index (χ0v) is 6.92. The van der Waals surface area contributed by atoms with Gasteiger partial charge in [-0.1, -0.05) is 19.1 Å². The first kappa shape index (κ1) is 8.25. The van der Waals surface area contributed by atoms with Crippen molar-refractivity contribution in [2.75, 3.05) is 0 Å². The Balaban J connectivity index is 2.55. The lowest BCUT2D eigenvalue weighted by Gasteiger charge is -2.06. The Labute approximate surface area is 67.8 Å². The molecule has 0 bridgehead atoms. The summed E-state index contributed by atoms with van der Waals surface area (Å²) in [5.74, 6) is 0.700. The van der Waals surface area contributed by atoms with E-state index in [1.807, 2.05) is 6.08 Å². The van der Waals surface area contributed by atoms with Gasteiger partial charge >= 0.3 is 0 Å². The van der Waals surface area contributed by atoms with Crippen LogP contribution in [0.3, 0.4) is 0 Å². The Morgan fingerprint density at radius 1 is 1.73 bits per heavy atom. The summed E-state index contributed by atoms with van der Waals surface area (Å²) in [6.45, 7) is 2.19. The summed E-state index contributed by atoms with van der Waals surface area (Å²) in [5, 5.41) is 0. The fourth-order valence-corrected chi connectivity index (χ4v) is 1.58. The van der Waals surface area contributed by atoms with Gasteiger partial charge in [-0.15, -0.1) is 0 Å². The van der Waals surface area contributed by atoms with Crippen LogP contribution in [-0.4, -0.2) is 6.29 Å². The number of carbonyl (C=O) groups excluding carboxylic acids is 1. The van der Waals surface area contributed by atoms with E-state index in [9.17, 15) is 4.79 Å². The van der Waals surface area contributed by atoms with Crippen molar-refractivity contribution in [3.63, 3.8) is 0 Å². The molecule has 60 valence electrons. The van der Waals surface area contributed by atoms with Crippen LogP contribution in [0.1, 0.15) is 26.2 Å². The van der Waals surface area contributed by atoms with Crippen molar-refractivity contribution in [1.82, 2.24) is 0 Å². The molecule has 1 nitrogen and oxygen atoms in total. The van der Waals surface area contributed by atoms with Gasteiger partial charge in [-0.25, -0.2) is 0 Å². The molecule has 0 aromatic rings. The molecule has 0 saturated heterocycles. The van der Waals surface area contributed by atoms with Gasteiger partial charge in [-0.2, -0.15) is 0 Å². The number of hydrogen-bond acceptors (Lipinski definition) is 1. The highest BCUT2D eigenvalue weighted by atomic mass is 16.1. The lowest BCUT2D eigenvalue weighted by Crippen LogP contribution is -1.94. The molecule has 1 rings (SSSR count). The molecular weight excluding hydrogens is 136 g/mol. The van der Waals surface area contributed by atoms with Crippen molar-refractivity contribution < 1.29 is 4.79 Å². The third-order valence-electron chi connectivity index (χ3n) is 2.23. The summed E-state index contributed by atoms with van der Waals surface area (Å²) < 4.78 is 0. The topological polar surface area (TPSA) is 17.1 Å². The van der Waals surface area contributed by atoms with E-state index in [1.54, 1.807) is 6.08 Å². The standard InChI is InChI=1S/C10H14O/c1-2-9-5-3-6-10(9)7-4-8-11/h4,6-9H,2-3,5H2,1H3/b7-4+. The van der Waals surface area contributed by atoms with Crippen LogP contribution < -0.4 is 0 Å². The molecule has 0 spiro atoms. The molecule has 1 unspecified atom stereocenters. The third kappa shape index (κ3) is 2.04. The lowest BCUT2D eigenvalue weighted by atomic mass is 9.98. The van der Waals surface area contributed by atoms with Gasteiger partial charge in [0.15, 0.2) is 0 Å². The van der Waals surface area contributed by atoms with E-state index in [2.05, 4.69) is 13.0 Å². The minimum Gasteiger partial charge on any atom is -0.299 e. The smallest absolute Gasteiger partial charge is 0.142 e. The second-order valence-corrected chi connectivity index (χ2v) is 2.88. The highest BCUT2D eigenvalue weighted by Crippen LogP contribution is 2.28. The van der Waals surface area contributed by atoms with E-state index in [0.29, 0.717) is 5.92 Å². The fourth-order valence-electron chi connectivity index (χ4n) is 1.58. The molecule has 0 N–H and O–H groups in total. The summed E-state index contributed by atoms with van der Waals surface area (Å²) in [5.41, 5.74) is 1.35. The summed E-state index contributed by atoms with van der Waals surface area (Å²) >= 11 is 0. The van der Waals surface area contributed by atoms with Crippen molar-refractivity contribution >= 4 is 6.29 Å². The second-order valence-electron chi connectivity index (χ2n) is 2.88. The van der Waals surface area contributed by atoms with E-state index < -0.39 is 0 Å². The lowest BCUT2D eigenvalue weighted by molar-refractivity contribution is -0.104. The molecular formula is C10H14O. The van der Waals surface area contributed by atoms with Crippen LogP contribution >= 0.6 is 0 Å². The summed E-state index contributed by atoms with van der Waals surface area (Å²) in [4.78, 5) is 10.0. The molecule has 1 heteroatoms. The van der Waals surface area contributed by atoms with Crippen LogP contribution in [0.2, 0.25) is 0 Å². The van der Waals surface area contributed by atoms with Crippen LogP contribution in [0.4, 0.5) is 0 Å². The average molecular weight is 150 g/mol. The van der Waals surface area contributed by atoms with Gasteiger partial charge in [0.25, 0.3) is 0 Å². The highest BCUT2D eigenvalue weighted by Gasteiger charge is 2.13. The first-order valence-electron chi connectivity index (χ1n) is 4.20. The number of carbonyl (C=O) groups is 1. The monoisotopic (exact) mass is 150 g/mol. The minimum absolute atomic E-state index is 0.700. The van der Waals surface area contributed by atoms with Gasteiger partial charge < -0.3 is 0 Å². The Kier molecular flexibility index (Phi) is 3.09. The number of rotatable bonds is 3. The number of hydrogen-bond donors (Lipinski definition) is 0. The van der Waals surface area contributed by atoms with Gasteiger partial charge in [0.2, 0.25) is 0 Å². The Morgan fingerprint density at radius 3 is 3.18 bits per heavy atom. The van der Waals surface area contributed by atoms with Crippen LogP contribution in [-0.2, 0) is 4.79 Å². The van der Waals surface area contributed by atoms with E-state index in [-0.39, 0.29) is 0 Å². The molecule has 0 saturated carbocycles. The van der Waals surface area contributed by atoms with Crippen LogP contribution in [0.5, 0.6) is 0 Å². The normalized spacial score (nSPS) is 24.1. The van der Waals surface area contributed by atoms with Gasteiger partial charge in [0, 0.05) is 0 Å². The van der Waals surface area contributed by atoms with Gasteiger partial charge in [0.05, 0.1) is 0 Å². The quantitative estimate of drug-likeness (QED) is 0.446. The SMILES string of the molecule is CCC1CCC=C1/C=C/C=O. The minimum atomic E-state index is 0.700. The molecule has 0 radical (unpaired) electrons. The first-order valence-corrected chi connectivity index (χ1v) is 4.20. The zero-order chi connectivity index (χ0) is 8.10. The number of aldehydes is 1. The maximum Gasteiger partial charge on any atom is 0.142 e. The fraction of sp³-hybridized carbons (Fsp3) is 0.500. The zero-order valence-electron chi connectivity index (χ0n) is 6.92. The van der Waals surface area contributed by atoms with Crippen molar-refractivity contribution in [2.45, 2.75) is 26.2 Å². The van der Waals surface area contributed by atoms with E-state index >= 15 is 0 Å². The first-order chi connectivity index (χ1) is 5.38. The molecule has 1 atom stereocenters. The Morgan fingerprint density at radius 2 is 2.55 bits per heavy atom. The van der Waals surface area contributed by atoms with Crippen molar-refractivity contribution in [3.8, 4) is 0 Å². The largest absolute Gasteiger partial charge is 0.299 e. The molecule has 0 heterocycles. The second kappa shape index (κ2) is 4.12. The molecule has 0 aromatic heterocycles. The maximum atomic E-state index is 10.0. The molecule has 0 amide bonds. The average Bonchev–Trinajstić information content (AvgIpc) is 2.47. The Bertz CT molecular complexity index is 189. The number of allylic oxidation sites excluding steroid dienone is 4. The predicted octanol–water partition coefficient (Wildman–Crippen LogP) is 2.49. The van der Waals surface area contributed by atoms with Crippen LogP contribution in [0.15, 0.2) is 23.8 Å². The maximum absolute atomic E-state index is 10.0. The van der Waals surface area contributed by atoms with Crippen LogP contribution in [0.25, 0.3) is 0 Å². The molecule has 0 fully saturated rings.